The van der Waals surface area contributed by atoms with Crippen molar-refractivity contribution in [1.29, 1.82) is 0 Å². The summed E-state index contributed by atoms with van der Waals surface area (Å²) in [6, 6.07) is 8.78. The van der Waals surface area contributed by atoms with Crippen LogP contribution in [0.15, 0.2) is 24.3 Å². The van der Waals surface area contributed by atoms with E-state index in [1.807, 2.05) is 18.2 Å². The van der Waals surface area contributed by atoms with Crippen molar-refractivity contribution in [3.8, 4) is 5.75 Å². The SMILES string of the molecule is COc1ccccc1C(N)CN(C)C1CCCCC1. The van der Waals surface area contributed by atoms with Crippen molar-refractivity contribution < 1.29 is 4.74 Å². The topological polar surface area (TPSA) is 38.5 Å². The highest BCUT2D eigenvalue weighted by molar-refractivity contribution is 5.35. The maximum absolute atomic E-state index is 6.36. The lowest BCUT2D eigenvalue weighted by atomic mass is 9.94. The number of methoxy groups -OCH3 is 1. The second kappa shape index (κ2) is 6.92. The molecule has 0 amide bonds. The second-order valence-corrected chi connectivity index (χ2v) is 5.58. The molecule has 2 N–H and O–H groups in total. The molecule has 1 saturated carbocycles. The van der Waals surface area contributed by atoms with E-state index in [0.29, 0.717) is 6.04 Å². The number of hydrogen-bond acceptors (Lipinski definition) is 3. The molecule has 1 fully saturated rings. The van der Waals surface area contributed by atoms with Gasteiger partial charge in [-0.3, -0.25) is 0 Å². The molecule has 0 aliphatic heterocycles. The van der Waals surface area contributed by atoms with Crippen LogP contribution in [-0.2, 0) is 0 Å². The predicted molar refractivity (Wildman–Crippen MR) is 79.4 cm³/mol. The normalized spacial score (nSPS) is 18.5. The molecule has 3 heteroatoms. The standard InChI is InChI=1S/C16H26N2O/c1-18(13-8-4-3-5-9-13)12-15(17)14-10-6-7-11-16(14)19-2/h6-7,10-11,13,15H,3-5,8-9,12,17H2,1-2H3. The van der Waals surface area contributed by atoms with Crippen LogP contribution in [0.5, 0.6) is 5.75 Å². The van der Waals surface area contributed by atoms with Gasteiger partial charge < -0.3 is 15.4 Å². The quantitative estimate of drug-likeness (QED) is 0.886. The maximum atomic E-state index is 6.36. The van der Waals surface area contributed by atoms with Gasteiger partial charge in [0.25, 0.3) is 0 Å². The van der Waals surface area contributed by atoms with Gasteiger partial charge in [-0.25, -0.2) is 0 Å². The number of hydrogen-bond donors (Lipinski definition) is 1. The van der Waals surface area contributed by atoms with Crippen molar-refractivity contribution in [3.63, 3.8) is 0 Å². The van der Waals surface area contributed by atoms with Crippen LogP contribution in [0.3, 0.4) is 0 Å². The van der Waals surface area contributed by atoms with Crippen molar-refractivity contribution in [2.75, 3.05) is 20.7 Å². The Hall–Kier alpha value is -1.06. The van der Waals surface area contributed by atoms with Crippen LogP contribution in [-0.4, -0.2) is 31.6 Å². The molecule has 1 aromatic rings. The number of benzene rings is 1. The Bertz CT molecular complexity index is 388. The minimum Gasteiger partial charge on any atom is -0.496 e. The van der Waals surface area contributed by atoms with E-state index in [0.717, 1.165) is 17.9 Å². The van der Waals surface area contributed by atoms with Gasteiger partial charge in [0.15, 0.2) is 0 Å². The summed E-state index contributed by atoms with van der Waals surface area (Å²) < 4.78 is 5.39. The van der Waals surface area contributed by atoms with Gasteiger partial charge in [0, 0.05) is 24.2 Å². The average molecular weight is 262 g/mol. The van der Waals surface area contributed by atoms with Crippen molar-refractivity contribution in [2.45, 2.75) is 44.2 Å². The van der Waals surface area contributed by atoms with E-state index >= 15 is 0 Å². The Morgan fingerprint density at radius 2 is 1.95 bits per heavy atom. The molecule has 1 aliphatic rings. The third-order valence-electron chi connectivity index (χ3n) is 4.22. The second-order valence-electron chi connectivity index (χ2n) is 5.58. The minimum atomic E-state index is 0.0167. The van der Waals surface area contributed by atoms with Crippen molar-refractivity contribution in [1.82, 2.24) is 4.90 Å². The Balaban J connectivity index is 1.97. The van der Waals surface area contributed by atoms with Crippen LogP contribution in [0.25, 0.3) is 0 Å². The van der Waals surface area contributed by atoms with E-state index in [2.05, 4.69) is 18.0 Å². The number of nitrogens with zero attached hydrogens (tertiary/aromatic N) is 1. The van der Waals surface area contributed by atoms with Crippen LogP contribution in [0.4, 0.5) is 0 Å². The Morgan fingerprint density at radius 1 is 1.26 bits per heavy atom. The molecule has 0 bridgehead atoms. The van der Waals surface area contributed by atoms with Crippen LogP contribution < -0.4 is 10.5 Å². The lowest BCUT2D eigenvalue weighted by molar-refractivity contribution is 0.181. The Kier molecular flexibility index (Phi) is 5.23. The fourth-order valence-electron chi connectivity index (χ4n) is 3.05. The van der Waals surface area contributed by atoms with Gasteiger partial charge in [-0.15, -0.1) is 0 Å². The molecule has 0 aromatic heterocycles. The van der Waals surface area contributed by atoms with Crippen molar-refractivity contribution in [3.05, 3.63) is 29.8 Å². The zero-order valence-electron chi connectivity index (χ0n) is 12.1. The van der Waals surface area contributed by atoms with Gasteiger partial charge in [0.1, 0.15) is 5.75 Å². The summed E-state index contributed by atoms with van der Waals surface area (Å²) in [7, 11) is 3.90. The van der Waals surface area contributed by atoms with Crippen LogP contribution >= 0.6 is 0 Å². The van der Waals surface area contributed by atoms with Crippen LogP contribution in [0, 0.1) is 0 Å². The molecule has 1 aromatic carbocycles. The fourth-order valence-corrected chi connectivity index (χ4v) is 3.05. The van der Waals surface area contributed by atoms with Crippen LogP contribution in [0.1, 0.15) is 43.7 Å². The first-order chi connectivity index (χ1) is 9.22. The summed E-state index contributed by atoms with van der Waals surface area (Å²) in [5.41, 5.74) is 7.46. The average Bonchev–Trinajstić information content (AvgIpc) is 2.48. The molecule has 3 nitrogen and oxygen atoms in total. The molecule has 1 unspecified atom stereocenters. The minimum absolute atomic E-state index is 0.0167. The highest BCUT2D eigenvalue weighted by Gasteiger charge is 2.21. The predicted octanol–water partition coefficient (Wildman–Crippen LogP) is 2.96. The van der Waals surface area contributed by atoms with Gasteiger partial charge in [0.05, 0.1) is 7.11 Å². The zero-order valence-corrected chi connectivity index (χ0v) is 12.1. The molecule has 106 valence electrons. The first-order valence-corrected chi connectivity index (χ1v) is 7.31. The lowest BCUT2D eigenvalue weighted by Crippen LogP contribution is -2.38. The molecular weight excluding hydrogens is 236 g/mol. The molecule has 19 heavy (non-hydrogen) atoms. The lowest BCUT2D eigenvalue weighted by Gasteiger charge is -2.33. The largest absolute Gasteiger partial charge is 0.496 e. The number of rotatable bonds is 5. The van der Waals surface area contributed by atoms with Gasteiger partial charge in [0.2, 0.25) is 0 Å². The molecule has 2 rings (SSSR count). The van der Waals surface area contributed by atoms with E-state index in [1.165, 1.54) is 32.1 Å². The Labute approximate surface area is 116 Å². The number of likely N-dealkylation sites (N-methyl/N-ethyl adjacent to an activating group) is 1. The van der Waals surface area contributed by atoms with E-state index in [-0.39, 0.29) is 6.04 Å². The summed E-state index contributed by atoms with van der Waals surface area (Å²) in [5.74, 6) is 0.895. The summed E-state index contributed by atoms with van der Waals surface area (Å²) in [4.78, 5) is 2.43. The highest BCUT2D eigenvalue weighted by atomic mass is 16.5. The summed E-state index contributed by atoms with van der Waals surface area (Å²) >= 11 is 0. The molecule has 0 radical (unpaired) electrons. The number of ether oxygens (including phenoxy) is 1. The molecule has 1 atom stereocenters. The van der Waals surface area contributed by atoms with Gasteiger partial charge in [-0.05, 0) is 26.0 Å². The number of para-hydroxylation sites is 1. The highest BCUT2D eigenvalue weighted by Crippen LogP contribution is 2.26. The Morgan fingerprint density at radius 3 is 2.63 bits per heavy atom. The summed E-state index contributed by atoms with van der Waals surface area (Å²) in [5, 5.41) is 0. The van der Waals surface area contributed by atoms with E-state index < -0.39 is 0 Å². The first-order valence-electron chi connectivity index (χ1n) is 7.31. The molecule has 0 spiro atoms. The molecule has 0 heterocycles. The smallest absolute Gasteiger partial charge is 0.123 e. The third kappa shape index (κ3) is 3.71. The third-order valence-corrected chi connectivity index (χ3v) is 4.22. The summed E-state index contributed by atoms with van der Waals surface area (Å²) in [6.45, 7) is 0.894. The van der Waals surface area contributed by atoms with Crippen molar-refractivity contribution in [2.24, 2.45) is 5.73 Å². The monoisotopic (exact) mass is 262 g/mol. The van der Waals surface area contributed by atoms with E-state index in [9.17, 15) is 0 Å². The van der Waals surface area contributed by atoms with E-state index in [1.54, 1.807) is 7.11 Å². The molecular formula is C16H26N2O. The maximum Gasteiger partial charge on any atom is 0.123 e. The fraction of sp³-hybridized carbons (Fsp3) is 0.625. The summed E-state index contributed by atoms with van der Waals surface area (Å²) in [6.07, 6.45) is 6.74. The molecule has 0 saturated heterocycles. The molecule has 1 aliphatic carbocycles. The van der Waals surface area contributed by atoms with Crippen molar-refractivity contribution >= 4 is 0 Å². The first kappa shape index (κ1) is 14.4. The van der Waals surface area contributed by atoms with Crippen LogP contribution in [0.2, 0.25) is 0 Å². The van der Waals surface area contributed by atoms with E-state index in [4.69, 9.17) is 10.5 Å². The zero-order chi connectivity index (χ0) is 13.7. The van der Waals surface area contributed by atoms with Gasteiger partial charge in [-0.2, -0.15) is 0 Å². The van der Waals surface area contributed by atoms with Gasteiger partial charge >= 0.3 is 0 Å². The van der Waals surface area contributed by atoms with Gasteiger partial charge in [-0.1, -0.05) is 37.5 Å². The number of nitrogens with two attached hydrogens (primary N) is 1.